The predicted octanol–water partition coefficient (Wildman–Crippen LogP) is 2.70. The third-order valence-electron chi connectivity index (χ3n) is 3.55. The Morgan fingerprint density at radius 3 is 3.00 bits per heavy atom. The van der Waals surface area contributed by atoms with Gasteiger partial charge in [-0.2, -0.15) is 11.8 Å². The van der Waals surface area contributed by atoms with E-state index in [1.165, 1.54) is 12.6 Å². The Morgan fingerprint density at radius 1 is 1.38 bits per heavy atom. The van der Waals surface area contributed by atoms with Gasteiger partial charge in [0.25, 0.3) is 5.91 Å². The Hall–Kier alpha value is -1.30. The van der Waals surface area contributed by atoms with Crippen LogP contribution in [0.3, 0.4) is 0 Å². The Balaban J connectivity index is 1.88. The molecule has 1 aromatic rings. The number of nitrogens with zero attached hydrogens (tertiary/aromatic N) is 2. The summed E-state index contributed by atoms with van der Waals surface area (Å²) >= 11 is 1.99. The van der Waals surface area contributed by atoms with E-state index in [0.717, 1.165) is 31.6 Å². The van der Waals surface area contributed by atoms with Crippen LogP contribution in [0.5, 0.6) is 0 Å². The van der Waals surface area contributed by atoms with Crippen molar-refractivity contribution in [2.75, 3.05) is 17.6 Å². The maximum atomic E-state index is 12.2. The lowest BCUT2D eigenvalue weighted by atomic mass is 10.2. The van der Waals surface area contributed by atoms with Crippen molar-refractivity contribution in [3.8, 4) is 0 Å². The van der Waals surface area contributed by atoms with Gasteiger partial charge in [0.2, 0.25) is 0 Å². The molecule has 2 rings (SSSR count). The van der Waals surface area contributed by atoms with Gasteiger partial charge in [-0.25, -0.2) is 4.98 Å². The van der Waals surface area contributed by atoms with Gasteiger partial charge in [0, 0.05) is 17.8 Å². The summed E-state index contributed by atoms with van der Waals surface area (Å²) < 4.78 is 0. The van der Waals surface area contributed by atoms with Gasteiger partial charge in [-0.1, -0.05) is 13.8 Å². The van der Waals surface area contributed by atoms with Crippen molar-refractivity contribution in [1.82, 2.24) is 15.3 Å². The highest BCUT2D eigenvalue weighted by atomic mass is 32.2. The molecule has 0 aromatic carbocycles. The molecule has 2 atom stereocenters. The monoisotopic (exact) mass is 308 g/mol. The van der Waals surface area contributed by atoms with E-state index in [-0.39, 0.29) is 11.9 Å². The zero-order chi connectivity index (χ0) is 15.1. The molecular formula is C15H24N4OS. The van der Waals surface area contributed by atoms with Gasteiger partial charge in [-0.3, -0.25) is 9.78 Å². The molecule has 0 radical (unpaired) electrons. The van der Waals surface area contributed by atoms with E-state index in [0.29, 0.717) is 16.8 Å². The first-order valence-corrected chi connectivity index (χ1v) is 8.76. The summed E-state index contributed by atoms with van der Waals surface area (Å²) in [5, 5.41) is 6.92. The summed E-state index contributed by atoms with van der Waals surface area (Å²) in [7, 11) is 0. The number of hydrogen-bond acceptors (Lipinski definition) is 5. The van der Waals surface area contributed by atoms with Crippen molar-refractivity contribution in [3.63, 3.8) is 0 Å². The number of aromatic nitrogens is 2. The quantitative estimate of drug-likeness (QED) is 0.810. The highest BCUT2D eigenvalue weighted by molar-refractivity contribution is 7.99. The summed E-state index contributed by atoms with van der Waals surface area (Å²) in [6, 6.07) is 0.274. The minimum absolute atomic E-state index is 0.116. The van der Waals surface area contributed by atoms with Gasteiger partial charge >= 0.3 is 0 Å². The molecule has 1 heterocycles. The van der Waals surface area contributed by atoms with Crippen LogP contribution in [-0.4, -0.2) is 39.5 Å². The maximum absolute atomic E-state index is 12.2. The lowest BCUT2D eigenvalue weighted by Crippen LogP contribution is -2.33. The van der Waals surface area contributed by atoms with Crippen molar-refractivity contribution in [1.29, 1.82) is 0 Å². The van der Waals surface area contributed by atoms with E-state index >= 15 is 0 Å². The largest absolute Gasteiger partial charge is 0.369 e. The van der Waals surface area contributed by atoms with Gasteiger partial charge in [0.1, 0.15) is 11.5 Å². The maximum Gasteiger partial charge on any atom is 0.271 e. The second kappa shape index (κ2) is 8.22. The van der Waals surface area contributed by atoms with E-state index in [1.54, 1.807) is 6.20 Å². The zero-order valence-corrected chi connectivity index (χ0v) is 13.6. The lowest BCUT2D eigenvalue weighted by Gasteiger charge is -2.13. The molecule has 2 N–H and O–H groups in total. The first-order valence-electron chi connectivity index (χ1n) is 7.71. The zero-order valence-electron chi connectivity index (χ0n) is 12.8. The molecule has 6 heteroatoms. The fraction of sp³-hybridized carbons (Fsp3) is 0.667. The molecule has 1 saturated carbocycles. The fourth-order valence-electron chi connectivity index (χ4n) is 2.53. The number of hydrogen-bond donors (Lipinski definition) is 2. The molecule has 1 amide bonds. The number of carbonyl (C=O) groups excluding carboxylic acids is 1. The standard InChI is InChI=1S/C15H24N4OS/c1-3-7-17-14-10-16-9-13(19-14)15(20)18-11-5-6-12(8-11)21-4-2/h9-12H,3-8H2,1-2H3,(H,17,19)(H,18,20). The van der Waals surface area contributed by atoms with Gasteiger partial charge in [0.15, 0.2) is 0 Å². The molecule has 1 fully saturated rings. The molecule has 21 heavy (non-hydrogen) atoms. The van der Waals surface area contributed by atoms with Crippen LogP contribution in [-0.2, 0) is 0 Å². The molecule has 0 aliphatic heterocycles. The molecule has 0 spiro atoms. The fourth-order valence-corrected chi connectivity index (χ4v) is 3.67. The molecular weight excluding hydrogens is 284 g/mol. The van der Waals surface area contributed by atoms with E-state index < -0.39 is 0 Å². The smallest absolute Gasteiger partial charge is 0.271 e. The average molecular weight is 308 g/mol. The van der Waals surface area contributed by atoms with Crippen molar-refractivity contribution >= 4 is 23.5 Å². The summed E-state index contributed by atoms with van der Waals surface area (Å²) in [5.74, 6) is 1.69. The molecule has 5 nitrogen and oxygen atoms in total. The van der Waals surface area contributed by atoms with Crippen LogP contribution in [0, 0.1) is 0 Å². The molecule has 1 aliphatic rings. The van der Waals surface area contributed by atoms with Crippen molar-refractivity contribution in [3.05, 3.63) is 18.1 Å². The summed E-state index contributed by atoms with van der Waals surface area (Å²) in [4.78, 5) is 20.6. The van der Waals surface area contributed by atoms with Crippen molar-refractivity contribution in [2.24, 2.45) is 0 Å². The predicted molar refractivity (Wildman–Crippen MR) is 87.8 cm³/mol. The van der Waals surface area contributed by atoms with Crippen molar-refractivity contribution < 1.29 is 4.79 Å². The highest BCUT2D eigenvalue weighted by Gasteiger charge is 2.26. The SMILES string of the molecule is CCCNc1cncc(C(=O)NC2CCC(SCC)C2)n1. The summed E-state index contributed by atoms with van der Waals surface area (Å²) in [6.07, 6.45) is 7.50. The van der Waals surface area contributed by atoms with Crippen LogP contribution in [0.2, 0.25) is 0 Å². The van der Waals surface area contributed by atoms with Crippen LogP contribution >= 0.6 is 11.8 Å². The normalized spacial score (nSPS) is 21.2. The lowest BCUT2D eigenvalue weighted by molar-refractivity contribution is 0.0932. The van der Waals surface area contributed by atoms with Gasteiger partial charge in [0.05, 0.1) is 12.4 Å². The Kier molecular flexibility index (Phi) is 6.29. The first-order chi connectivity index (χ1) is 10.2. The van der Waals surface area contributed by atoms with Crippen LogP contribution in [0.1, 0.15) is 50.0 Å². The third-order valence-corrected chi connectivity index (χ3v) is 4.78. The summed E-state index contributed by atoms with van der Waals surface area (Å²) in [6.45, 7) is 5.10. The van der Waals surface area contributed by atoms with Crippen LogP contribution in [0.4, 0.5) is 5.82 Å². The van der Waals surface area contributed by atoms with Crippen LogP contribution in [0.15, 0.2) is 12.4 Å². The molecule has 0 bridgehead atoms. The van der Waals surface area contributed by atoms with Crippen LogP contribution in [0.25, 0.3) is 0 Å². The molecule has 0 saturated heterocycles. The number of rotatable bonds is 7. The topological polar surface area (TPSA) is 66.9 Å². The van der Waals surface area contributed by atoms with Gasteiger partial charge < -0.3 is 10.6 Å². The summed E-state index contributed by atoms with van der Waals surface area (Å²) in [5.41, 5.74) is 0.391. The van der Waals surface area contributed by atoms with E-state index in [2.05, 4.69) is 34.4 Å². The third kappa shape index (κ3) is 4.88. The number of carbonyl (C=O) groups is 1. The minimum atomic E-state index is -0.116. The first kappa shape index (κ1) is 16.1. The van der Waals surface area contributed by atoms with E-state index in [9.17, 15) is 4.79 Å². The van der Waals surface area contributed by atoms with Crippen LogP contribution < -0.4 is 10.6 Å². The number of anilines is 1. The molecule has 116 valence electrons. The highest BCUT2D eigenvalue weighted by Crippen LogP contribution is 2.29. The van der Waals surface area contributed by atoms with Crippen molar-refractivity contribution in [2.45, 2.75) is 50.8 Å². The second-order valence-corrected chi connectivity index (χ2v) is 6.85. The van der Waals surface area contributed by atoms with Gasteiger partial charge in [-0.05, 0) is 31.4 Å². The average Bonchev–Trinajstić information content (AvgIpc) is 2.93. The van der Waals surface area contributed by atoms with Gasteiger partial charge in [-0.15, -0.1) is 0 Å². The number of thioether (sulfide) groups is 1. The molecule has 2 unspecified atom stereocenters. The molecule has 1 aliphatic carbocycles. The second-order valence-electron chi connectivity index (χ2n) is 5.28. The Bertz CT molecular complexity index is 469. The molecule has 1 aromatic heterocycles. The number of nitrogens with one attached hydrogen (secondary N) is 2. The van der Waals surface area contributed by atoms with E-state index in [1.807, 2.05) is 11.8 Å². The minimum Gasteiger partial charge on any atom is -0.369 e. The number of amides is 1. The Labute approximate surface area is 130 Å². The van der Waals surface area contributed by atoms with E-state index in [4.69, 9.17) is 0 Å². The Morgan fingerprint density at radius 2 is 2.24 bits per heavy atom.